The Morgan fingerprint density at radius 2 is 1.00 bits per heavy atom. The third kappa shape index (κ3) is 5.77. The summed E-state index contributed by atoms with van der Waals surface area (Å²) < 4.78 is 0. The van der Waals surface area contributed by atoms with E-state index in [1.807, 2.05) is 0 Å². The zero-order valence-corrected chi connectivity index (χ0v) is 33.2. The molecule has 0 amide bonds. The molecule has 1 nitrogen and oxygen atoms in total. The summed E-state index contributed by atoms with van der Waals surface area (Å²) in [6, 6.07) is 78.7. The molecule has 0 heterocycles. The molecule has 0 saturated heterocycles. The molecule has 0 N–H and O–H groups in total. The maximum atomic E-state index is 2.52. The van der Waals surface area contributed by atoms with Crippen LogP contribution in [0.4, 0.5) is 17.1 Å². The highest BCUT2D eigenvalue weighted by molar-refractivity contribution is 6.00. The molecular weight excluding hydrogens is 699 g/mol. The fraction of sp³-hybridized carbons (Fsp3) is 0.0877. The van der Waals surface area contributed by atoms with E-state index >= 15 is 0 Å². The first-order valence-corrected chi connectivity index (χ1v) is 20.5. The van der Waals surface area contributed by atoms with Crippen LogP contribution in [0.2, 0.25) is 0 Å². The first-order valence-electron chi connectivity index (χ1n) is 20.5. The highest BCUT2D eigenvalue weighted by Gasteiger charge is 2.47. The standard InChI is InChI=1S/C57H45N/c1-39(2)49-30-15-16-31-50(49)52-36-43-22-13-14-23-44(43)37-55(52)58(47-29-18-24-42(35-47)41-20-7-4-8-21-41)48-33-34-51-54(38-48)57(45-25-9-5-10-26-45,46-27-11-6-12-28-46)53-32-17-19-40(3)56(51)53/h4-39H,1-3H3. The van der Waals surface area contributed by atoms with Gasteiger partial charge in [-0.2, -0.15) is 0 Å². The van der Waals surface area contributed by atoms with E-state index < -0.39 is 5.41 Å². The second kappa shape index (κ2) is 14.5. The third-order valence-corrected chi connectivity index (χ3v) is 12.2. The zero-order valence-electron chi connectivity index (χ0n) is 33.2. The fourth-order valence-corrected chi connectivity index (χ4v) is 9.60. The molecule has 0 unspecified atom stereocenters. The summed E-state index contributed by atoms with van der Waals surface area (Å²) in [5.41, 5.74) is 18.1. The van der Waals surface area contributed by atoms with Gasteiger partial charge in [-0.3, -0.25) is 0 Å². The Kier molecular flexibility index (Phi) is 8.88. The van der Waals surface area contributed by atoms with Crippen LogP contribution >= 0.6 is 0 Å². The van der Waals surface area contributed by atoms with E-state index in [-0.39, 0.29) is 0 Å². The number of benzene rings is 9. The van der Waals surface area contributed by atoms with Gasteiger partial charge in [0.05, 0.1) is 11.1 Å². The average Bonchev–Trinajstić information content (AvgIpc) is 3.58. The number of aryl methyl sites for hydroxylation is 1. The Labute approximate surface area is 342 Å². The molecule has 10 rings (SSSR count). The van der Waals surface area contributed by atoms with Gasteiger partial charge in [-0.05, 0) is 121 Å². The Bertz CT molecular complexity index is 2890. The zero-order chi connectivity index (χ0) is 39.2. The minimum absolute atomic E-state index is 0.351. The van der Waals surface area contributed by atoms with Gasteiger partial charge < -0.3 is 4.90 Å². The van der Waals surface area contributed by atoms with Crippen molar-refractivity contribution in [2.24, 2.45) is 0 Å². The fourth-order valence-electron chi connectivity index (χ4n) is 9.60. The predicted octanol–water partition coefficient (Wildman–Crippen LogP) is 15.4. The summed E-state index contributed by atoms with van der Waals surface area (Å²) in [5.74, 6) is 0.351. The van der Waals surface area contributed by atoms with E-state index in [0.717, 1.165) is 17.1 Å². The van der Waals surface area contributed by atoms with Gasteiger partial charge in [-0.15, -0.1) is 0 Å². The molecule has 9 aromatic rings. The molecule has 0 spiro atoms. The van der Waals surface area contributed by atoms with Crippen LogP contribution in [0.25, 0.3) is 44.2 Å². The summed E-state index contributed by atoms with van der Waals surface area (Å²) in [6.07, 6.45) is 0. The van der Waals surface area contributed by atoms with Crippen molar-refractivity contribution in [2.45, 2.75) is 32.1 Å². The molecule has 1 aliphatic rings. The van der Waals surface area contributed by atoms with Gasteiger partial charge in [0.25, 0.3) is 0 Å². The van der Waals surface area contributed by atoms with E-state index in [4.69, 9.17) is 0 Å². The Hall–Kier alpha value is -6.96. The second-order valence-corrected chi connectivity index (χ2v) is 15.9. The number of rotatable bonds is 8. The quantitative estimate of drug-likeness (QED) is 0.150. The minimum atomic E-state index is -0.525. The molecule has 0 saturated carbocycles. The lowest BCUT2D eigenvalue weighted by atomic mass is 9.67. The molecule has 0 bridgehead atoms. The molecule has 0 radical (unpaired) electrons. The normalized spacial score (nSPS) is 12.7. The molecule has 0 aromatic heterocycles. The van der Waals surface area contributed by atoms with Crippen LogP contribution in [0.15, 0.2) is 212 Å². The molecular formula is C57H45N. The number of hydrogen-bond donors (Lipinski definition) is 0. The van der Waals surface area contributed by atoms with Crippen LogP contribution in [-0.2, 0) is 5.41 Å². The Morgan fingerprint density at radius 3 is 1.71 bits per heavy atom. The molecule has 0 aliphatic heterocycles. The van der Waals surface area contributed by atoms with E-state index in [1.54, 1.807) is 0 Å². The van der Waals surface area contributed by atoms with Gasteiger partial charge >= 0.3 is 0 Å². The highest BCUT2D eigenvalue weighted by Crippen LogP contribution is 2.58. The molecule has 1 heteroatoms. The lowest BCUT2D eigenvalue weighted by molar-refractivity contribution is 0.768. The van der Waals surface area contributed by atoms with Crippen LogP contribution in [0, 0.1) is 6.92 Å². The van der Waals surface area contributed by atoms with Crippen LogP contribution in [0.3, 0.4) is 0 Å². The van der Waals surface area contributed by atoms with E-state index in [1.165, 1.54) is 77.5 Å². The van der Waals surface area contributed by atoms with Crippen molar-refractivity contribution in [2.75, 3.05) is 4.90 Å². The molecule has 278 valence electrons. The molecule has 58 heavy (non-hydrogen) atoms. The van der Waals surface area contributed by atoms with Crippen molar-refractivity contribution in [3.8, 4) is 33.4 Å². The minimum Gasteiger partial charge on any atom is -0.310 e. The maximum Gasteiger partial charge on any atom is 0.0714 e. The third-order valence-electron chi connectivity index (χ3n) is 12.2. The molecule has 0 fully saturated rings. The average molecular weight is 744 g/mol. The number of nitrogens with zero attached hydrogens (tertiary/aromatic N) is 1. The summed E-state index contributed by atoms with van der Waals surface area (Å²) in [4.78, 5) is 2.52. The predicted molar refractivity (Wildman–Crippen MR) is 246 cm³/mol. The second-order valence-electron chi connectivity index (χ2n) is 15.9. The Balaban J connectivity index is 1.31. The van der Waals surface area contributed by atoms with Crippen molar-refractivity contribution in [1.29, 1.82) is 0 Å². The maximum absolute atomic E-state index is 2.52. The van der Waals surface area contributed by atoms with Crippen molar-refractivity contribution < 1.29 is 0 Å². The first-order chi connectivity index (χ1) is 28.5. The highest BCUT2D eigenvalue weighted by atomic mass is 15.1. The van der Waals surface area contributed by atoms with E-state index in [9.17, 15) is 0 Å². The van der Waals surface area contributed by atoms with Gasteiger partial charge in [-0.1, -0.05) is 190 Å². The van der Waals surface area contributed by atoms with Gasteiger partial charge in [0, 0.05) is 16.9 Å². The smallest absolute Gasteiger partial charge is 0.0714 e. The number of anilines is 3. The lowest BCUT2D eigenvalue weighted by Gasteiger charge is -2.35. The van der Waals surface area contributed by atoms with Crippen LogP contribution in [0.5, 0.6) is 0 Å². The van der Waals surface area contributed by atoms with Gasteiger partial charge in [0.2, 0.25) is 0 Å². The van der Waals surface area contributed by atoms with Crippen molar-refractivity contribution in [3.05, 3.63) is 246 Å². The summed E-state index contributed by atoms with van der Waals surface area (Å²) >= 11 is 0. The monoisotopic (exact) mass is 743 g/mol. The van der Waals surface area contributed by atoms with Gasteiger partial charge in [0.1, 0.15) is 0 Å². The molecule has 0 atom stereocenters. The Morgan fingerprint density at radius 1 is 0.414 bits per heavy atom. The topological polar surface area (TPSA) is 3.24 Å². The van der Waals surface area contributed by atoms with Crippen LogP contribution in [-0.4, -0.2) is 0 Å². The van der Waals surface area contributed by atoms with E-state index in [0.29, 0.717) is 5.92 Å². The number of fused-ring (bicyclic) bond motifs is 4. The largest absolute Gasteiger partial charge is 0.310 e. The van der Waals surface area contributed by atoms with Gasteiger partial charge in [0.15, 0.2) is 0 Å². The van der Waals surface area contributed by atoms with Crippen LogP contribution < -0.4 is 4.90 Å². The first kappa shape index (κ1) is 35.5. The van der Waals surface area contributed by atoms with Crippen LogP contribution in [0.1, 0.15) is 53.1 Å². The summed E-state index contributed by atoms with van der Waals surface area (Å²) in [5, 5.41) is 2.43. The SMILES string of the molecule is Cc1cccc2c1-c1ccc(N(c3cccc(-c4ccccc4)c3)c3cc4ccccc4cc3-c3ccccc3C(C)C)cc1C2(c1ccccc1)c1ccccc1. The number of hydrogen-bond acceptors (Lipinski definition) is 1. The van der Waals surface area contributed by atoms with Crippen molar-refractivity contribution in [3.63, 3.8) is 0 Å². The lowest BCUT2D eigenvalue weighted by Crippen LogP contribution is -2.28. The van der Waals surface area contributed by atoms with E-state index in [2.05, 4.69) is 238 Å². The summed E-state index contributed by atoms with van der Waals surface area (Å²) in [7, 11) is 0. The van der Waals surface area contributed by atoms with Gasteiger partial charge in [-0.25, -0.2) is 0 Å². The summed E-state index contributed by atoms with van der Waals surface area (Å²) in [6.45, 7) is 6.86. The van der Waals surface area contributed by atoms with Crippen molar-refractivity contribution in [1.82, 2.24) is 0 Å². The van der Waals surface area contributed by atoms with Crippen molar-refractivity contribution >= 4 is 27.8 Å². The molecule has 9 aromatic carbocycles. The molecule has 1 aliphatic carbocycles.